The first-order valence-corrected chi connectivity index (χ1v) is 9.68. The summed E-state index contributed by atoms with van der Waals surface area (Å²) in [6, 6.07) is 26.5. The van der Waals surface area contributed by atoms with Crippen LogP contribution in [0.4, 0.5) is 5.69 Å². The van der Waals surface area contributed by atoms with Gasteiger partial charge in [0.05, 0.1) is 0 Å². The quantitative estimate of drug-likeness (QED) is 0.675. The number of para-hydroxylation sites is 2. The minimum absolute atomic E-state index is 0.280. The predicted molar refractivity (Wildman–Crippen MR) is 109 cm³/mol. The molecule has 0 spiro atoms. The Labute approximate surface area is 168 Å². The summed E-state index contributed by atoms with van der Waals surface area (Å²) >= 11 is 0. The highest BCUT2D eigenvalue weighted by Crippen LogP contribution is 2.50. The summed E-state index contributed by atoms with van der Waals surface area (Å²) in [6.45, 7) is 0. The molecule has 2 aliphatic heterocycles. The summed E-state index contributed by atoms with van der Waals surface area (Å²) in [5.41, 5.74) is 1.46. The summed E-state index contributed by atoms with van der Waals surface area (Å²) in [5.74, 6) is -1.05. The maximum atomic E-state index is 13.2. The maximum absolute atomic E-state index is 13.2. The minimum Gasteiger partial charge on any atom is -0.464 e. The van der Waals surface area contributed by atoms with E-state index in [1.54, 1.807) is 0 Å². The van der Waals surface area contributed by atoms with Gasteiger partial charge in [0, 0.05) is 23.6 Å². The van der Waals surface area contributed by atoms with Crippen molar-refractivity contribution in [3.8, 4) is 5.75 Å². The van der Waals surface area contributed by atoms with Gasteiger partial charge in [-0.2, -0.15) is 0 Å². The molecule has 0 aromatic heterocycles. The molecule has 1 saturated heterocycles. The van der Waals surface area contributed by atoms with Crippen LogP contribution in [0.25, 0.3) is 0 Å². The van der Waals surface area contributed by atoms with Gasteiger partial charge in [0.2, 0.25) is 17.5 Å². The van der Waals surface area contributed by atoms with Gasteiger partial charge in [-0.05, 0) is 23.8 Å². The normalized spacial score (nSPS) is 24.6. The van der Waals surface area contributed by atoms with E-state index < -0.39 is 11.6 Å². The second-order valence-electron chi connectivity index (χ2n) is 7.47. The smallest absolute Gasteiger partial charge is 0.237 e. The lowest BCUT2D eigenvalue weighted by Crippen LogP contribution is -2.62. The molecule has 144 valence electrons. The highest BCUT2D eigenvalue weighted by Gasteiger charge is 2.54. The number of carbonyl (C=O) groups excluding carboxylic acids is 2. The number of benzene rings is 3. The van der Waals surface area contributed by atoms with Gasteiger partial charge in [-0.15, -0.1) is 0 Å². The van der Waals surface area contributed by atoms with Gasteiger partial charge >= 0.3 is 0 Å². The molecule has 29 heavy (non-hydrogen) atoms. The average Bonchev–Trinajstić information content (AvgIpc) is 2.75. The van der Waals surface area contributed by atoms with Crippen molar-refractivity contribution in [2.24, 2.45) is 5.92 Å². The largest absolute Gasteiger partial charge is 0.464 e. The number of carbonyl (C=O) groups is 2. The second kappa shape index (κ2) is 6.78. The Morgan fingerprint density at radius 3 is 2.34 bits per heavy atom. The van der Waals surface area contributed by atoms with E-state index in [-0.39, 0.29) is 17.7 Å². The Morgan fingerprint density at radius 1 is 0.931 bits per heavy atom. The van der Waals surface area contributed by atoms with Gasteiger partial charge in [-0.3, -0.25) is 9.59 Å². The monoisotopic (exact) mass is 384 g/mol. The number of rotatable bonds is 3. The van der Waals surface area contributed by atoms with Crippen molar-refractivity contribution >= 4 is 17.5 Å². The van der Waals surface area contributed by atoms with E-state index in [2.05, 4.69) is 10.6 Å². The van der Waals surface area contributed by atoms with Gasteiger partial charge in [-0.25, -0.2) is 0 Å². The number of amides is 2. The molecule has 3 atom stereocenters. The lowest BCUT2D eigenvalue weighted by molar-refractivity contribution is -0.147. The van der Waals surface area contributed by atoms with Gasteiger partial charge in [0.15, 0.2) is 0 Å². The summed E-state index contributed by atoms with van der Waals surface area (Å²) in [6.07, 6.45) is 0.493. The highest BCUT2D eigenvalue weighted by atomic mass is 16.5. The van der Waals surface area contributed by atoms with Crippen LogP contribution in [0.1, 0.15) is 23.5 Å². The Morgan fingerprint density at radius 2 is 1.59 bits per heavy atom. The van der Waals surface area contributed by atoms with Crippen molar-refractivity contribution in [1.82, 2.24) is 5.32 Å². The summed E-state index contributed by atoms with van der Waals surface area (Å²) < 4.78 is 6.33. The van der Waals surface area contributed by atoms with E-state index in [9.17, 15) is 9.59 Å². The molecular formula is C24H20N2O3. The molecule has 0 unspecified atom stereocenters. The van der Waals surface area contributed by atoms with E-state index in [1.807, 2.05) is 84.9 Å². The van der Waals surface area contributed by atoms with Crippen LogP contribution < -0.4 is 15.4 Å². The molecule has 2 aliphatic rings. The Hall–Kier alpha value is -3.60. The van der Waals surface area contributed by atoms with E-state index in [0.29, 0.717) is 17.9 Å². The summed E-state index contributed by atoms with van der Waals surface area (Å²) in [5, 5.41) is 5.90. The van der Waals surface area contributed by atoms with Crippen LogP contribution in [-0.2, 0) is 15.3 Å². The van der Waals surface area contributed by atoms with Crippen molar-refractivity contribution in [3.05, 3.63) is 96.1 Å². The molecule has 0 radical (unpaired) electrons. The molecule has 1 fully saturated rings. The Bertz CT molecular complexity index is 1070. The molecule has 2 N–H and O–H groups in total. The second-order valence-corrected chi connectivity index (χ2v) is 7.47. The van der Waals surface area contributed by atoms with Crippen LogP contribution in [0.3, 0.4) is 0 Å². The van der Waals surface area contributed by atoms with Crippen LogP contribution in [0.15, 0.2) is 84.9 Å². The molecule has 0 saturated carbocycles. The maximum Gasteiger partial charge on any atom is 0.237 e. The van der Waals surface area contributed by atoms with Gasteiger partial charge in [0.25, 0.3) is 0 Å². The number of hydrogen-bond donors (Lipinski definition) is 2. The fourth-order valence-electron chi connectivity index (χ4n) is 4.36. The zero-order valence-corrected chi connectivity index (χ0v) is 15.7. The van der Waals surface area contributed by atoms with Crippen LogP contribution in [0, 0.1) is 5.92 Å². The molecule has 3 aromatic carbocycles. The van der Waals surface area contributed by atoms with Crippen molar-refractivity contribution in [2.45, 2.75) is 18.1 Å². The highest BCUT2D eigenvalue weighted by molar-refractivity contribution is 6.08. The van der Waals surface area contributed by atoms with E-state index in [4.69, 9.17) is 4.74 Å². The standard InChI is InChI=1S/C24H20N2O3/c27-22(25-17-11-5-2-6-12-17)21-19-15-24(26-23(21)28,16-9-3-1-4-10-16)29-20-14-8-7-13-18(19)20/h1-14,19,21H,15H2,(H,25,27)(H,26,28)/t19-,21+,24-/m0/s1. The number of ether oxygens (including phenoxy) is 1. The van der Waals surface area contributed by atoms with E-state index >= 15 is 0 Å². The first-order chi connectivity index (χ1) is 14.2. The zero-order valence-electron chi connectivity index (χ0n) is 15.7. The lowest BCUT2D eigenvalue weighted by atomic mass is 9.72. The van der Waals surface area contributed by atoms with Crippen molar-refractivity contribution in [2.75, 3.05) is 5.32 Å². The van der Waals surface area contributed by atoms with Gasteiger partial charge in [0.1, 0.15) is 11.7 Å². The number of nitrogens with one attached hydrogen (secondary N) is 2. The van der Waals surface area contributed by atoms with Crippen LogP contribution in [0.2, 0.25) is 0 Å². The summed E-state index contributed by atoms with van der Waals surface area (Å²) in [7, 11) is 0. The molecule has 5 nitrogen and oxygen atoms in total. The number of fused-ring (bicyclic) bond motifs is 4. The fourth-order valence-corrected chi connectivity index (χ4v) is 4.36. The van der Waals surface area contributed by atoms with Crippen LogP contribution in [-0.4, -0.2) is 11.8 Å². The predicted octanol–water partition coefficient (Wildman–Crippen LogP) is 3.79. The average molecular weight is 384 g/mol. The van der Waals surface area contributed by atoms with Gasteiger partial charge in [-0.1, -0.05) is 66.7 Å². The lowest BCUT2D eigenvalue weighted by Gasteiger charge is -2.48. The Balaban J connectivity index is 1.56. The van der Waals surface area contributed by atoms with Crippen molar-refractivity contribution in [3.63, 3.8) is 0 Å². The third kappa shape index (κ3) is 2.95. The molecule has 2 amide bonds. The molecule has 5 rings (SSSR count). The Kier molecular flexibility index (Phi) is 4.09. The third-order valence-corrected chi connectivity index (χ3v) is 5.68. The zero-order chi connectivity index (χ0) is 19.8. The van der Waals surface area contributed by atoms with E-state index in [0.717, 1.165) is 11.1 Å². The molecule has 3 aromatic rings. The minimum atomic E-state index is -0.971. The number of hydrogen-bond acceptors (Lipinski definition) is 3. The number of piperidine rings is 1. The van der Waals surface area contributed by atoms with E-state index in [1.165, 1.54) is 0 Å². The van der Waals surface area contributed by atoms with Gasteiger partial charge < -0.3 is 15.4 Å². The molecule has 2 heterocycles. The fraction of sp³-hybridized carbons (Fsp3) is 0.167. The SMILES string of the molecule is O=C(Nc1ccccc1)[C@@H]1C(=O)N[C@@]2(c3ccccc3)C[C@H]1c1ccccc1O2. The van der Waals surface area contributed by atoms with Crippen molar-refractivity contribution < 1.29 is 14.3 Å². The van der Waals surface area contributed by atoms with Crippen LogP contribution in [0.5, 0.6) is 5.75 Å². The first-order valence-electron chi connectivity index (χ1n) is 9.68. The molecule has 0 aliphatic carbocycles. The third-order valence-electron chi connectivity index (χ3n) is 5.68. The first kappa shape index (κ1) is 17.5. The van der Waals surface area contributed by atoms with Crippen molar-refractivity contribution in [1.29, 1.82) is 0 Å². The molecule has 5 heteroatoms. The summed E-state index contributed by atoms with van der Waals surface area (Å²) in [4.78, 5) is 26.3. The number of anilines is 1. The van der Waals surface area contributed by atoms with Crippen LogP contribution >= 0.6 is 0 Å². The molecular weight excluding hydrogens is 364 g/mol. The topological polar surface area (TPSA) is 67.4 Å². The molecule has 2 bridgehead atoms.